The number of rotatable bonds is 6. The summed E-state index contributed by atoms with van der Waals surface area (Å²) in [6, 6.07) is 2.21. The van der Waals surface area contributed by atoms with Crippen molar-refractivity contribution < 1.29 is 12.8 Å². The molecule has 1 aromatic heterocycles. The number of hydrogen-bond acceptors (Lipinski definition) is 4. The van der Waals surface area contributed by atoms with Crippen molar-refractivity contribution in [3.63, 3.8) is 0 Å². The van der Waals surface area contributed by atoms with Gasteiger partial charge in [0.25, 0.3) is 0 Å². The molecule has 1 saturated heterocycles. The lowest BCUT2D eigenvalue weighted by molar-refractivity contribution is 0.444. The second-order valence-corrected chi connectivity index (χ2v) is 8.56. The third-order valence-electron chi connectivity index (χ3n) is 4.29. The van der Waals surface area contributed by atoms with Crippen molar-refractivity contribution in [3.05, 3.63) is 16.5 Å². The van der Waals surface area contributed by atoms with Crippen LogP contribution in [0.15, 0.2) is 20.0 Å². The molecule has 0 bridgehead atoms. The second-order valence-electron chi connectivity index (χ2n) is 5.93. The van der Waals surface area contributed by atoms with Gasteiger partial charge in [-0.3, -0.25) is 0 Å². The monoisotopic (exact) mass is 376 g/mol. The standard InChI is InChI=1S/C14H21BrN2O3S/c1-2-10-5-6-17(9-10)21(18,19)13-7-12(20-14(13)15)8-16-11-3-4-11/h7,10-11,16H,2-6,8-9H2,1H3. The molecule has 21 heavy (non-hydrogen) atoms. The zero-order chi connectivity index (χ0) is 15.0. The van der Waals surface area contributed by atoms with E-state index in [0.29, 0.717) is 42.0 Å². The number of halogens is 1. The zero-order valence-corrected chi connectivity index (χ0v) is 14.5. The summed E-state index contributed by atoms with van der Waals surface area (Å²) in [5, 5.41) is 3.33. The van der Waals surface area contributed by atoms with Crippen LogP contribution in [0, 0.1) is 5.92 Å². The molecule has 1 saturated carbocycles. The lowest BCUT2D eigenvalue weighted by atomic mass is 10.1. The Morgan fingerprint density at radius 3 is 2.81 bits per heavy atom. The number of sulfonamides is 1. The van der Waals surface area contributed by atoms with E-state index in [2.05, 4.69) is 28.2 Å². The number of nitrogens with zero attached hydrogens (tertiary/aromatic N) is 1. The van der Waals surface area contributed by atoms with Gasteiger partial charge in [-0.1, -0.05) is 13.3 Å². The normalized spacial score (nSPS) is 23.8. The van der Waals surface area contributed by atoms with Crippen LogP contribution in [0.3, 0.4) is 0 Å². The maximum atomic E-state index is 12.7. The zero-order valence-electron chi connectivity index (χ0n) is 12.1. The van der Waals surface area contributed by atoms with Crippen LogP contribution in [0.2, 0.25) is 0 Å². The van der Waals surface area contributed by atoms with Gasteiger partial charge in [-0.2, -0.15) is 4.31 Å². The summed E-state index contributed by atoms with van der Waals surface area (Å²) in [6.07, 6.45) is 4.36. The van der Waals surface area contributed by atoms with Gasteiger partial charge in [0.2, 0.25) is 10.0 Å². The van der Waals surface area contributed by atoms with Crippen molar-refractivity contribution in [2.75, 3.05) is 13.1 Å². The molecule has 1 aliphatic carbocycles. The smallest absolute Gasteiger partial charge is 0.247 e. The Morgan fingerprint density at radius 1 is 1.43 bits per heavy atom. The molecule has 1 aromatic rings. The molecule has 0 amide bonds. The molecule has 2 aliphatic rings. The van der Waals surface area contributed by atoms with Gasteiger partial charge < -0.3 is 9.73 Å². The third kappa shape index (κ3) is 3.36. The number of furan rings is 1. The average molecular weight is 377 g/mol. The molecule has 1 aliphatic heterocycles. The summed E-state index contributed by atoms with van der Waals surface area (Å²) < 4.78 is 32.8. The first-order valence-electron chi connectivity index (χ1n) is 7.52. The van der Waals surface area contributed by atoms with E-state index in [-0.39, 0.29) is 4.90 Å². The highest BCUT2D eigenvalue weighted by molar-refractivity contribution is 9.10. The molecular formula is C14H21BrN2O3S. The van der Waals surface area contributed by atoms with Crippen molar-refractivity contribution in [3.8, 4) is 0 Å². The molecule has 1 atom stereocenters. The van der Waals surface area contributed by atoms with E-state index in [1.54, 1.807) is 10.4 Å². The fourth-order valence-corrected chi connectivity index (χ4v) is 5.17. The summed E-state index contributed by atoms with van der Waals surface area (Å²) in [5.41, 5.74) is 0. The molecule has 0 spiro atoms. The minimum Gasteiger partial charge on any atom is -0.452 e. The van der Waals surface area contributed by atoms with Crippen LogP contribution in [0.1, 0.15) is 38.4 Å². The second kappa shape index (κ2) is 6.02. The van der Waals surface area contributed by atoms with Crippen LogP contribution in [-0.2, 0) is 16.6 Å². The summed E-state index contributed by atoms with van der Waals surface area (Å²) in [4.78, 5) is 0.256. The number of nitrogens with one attached hydrogen (secondary N) is 1. The van der Waals surface area contributed by atoms with Crippen LogP contribution < -0.4 is 5.32 Å². The first-order valence-corrected chi connectivity index (χ1v) is 9.75. The first-order chi connectivity index (χ1) is 10.0. The van der Waals surface area contributed by atoms with Crippen LogP contribution in [0.25, 0.3) is 0 Å². The maximum absolute atomic E-state index is 12.7. The largest absolute Gasteiger partial charge is 0.452 e. The van der Waals surface area contributed by atoms with Gasteiger partial charge in [-0.15, -0.1) is 0 Å². The van der Waals surface area contributed by atoms with E-state index in [1.807, 2.05) is 0 Å². The molecule has 7 heteroatoms. The van der Waals surface area contributed by atoms with Crippen molar-refractivity contribution in [1.82, 2.24) is 9.62 Å². The van der Waals surface area contributed by atoms with E-state index in [0.717, 1.165) is 12.8 Å². The van der Waals surface area contributed by atoms with E-state index in [1.165, 1.54) is 12.8 Å². The molecule has 1 unspecified atom stereocenters. The summed E-state index contributed by atoms with van der Waals surface area (Å²) in [5.74, 6) is 1.14. The van der Waals surface area contributed by atoms with Gasteiger partial charge in [0.05, 0.1) is 6.54 Å². The van der Waals surface area contributed by atoms with Crippen molar-refractivity contribution >= 4 is 26.0 Å². The molecule has 0 radical (unpaired) electrons. The van der Waals surface area contributed by atoms with E-state index in [4.69, 9.17) is 4.42 Å². The van der Waals surface area contributed by atoms with Gasteiger partial charge in [0.15, 0.2) is 4.67 Å². The Morgan fingerprint density at radius 2 is 2.19 bits per heavy atom. The average Bonchev–Trinajstić information content (AvgIpc) is 3.00. The molecule has 2 fully saturated rings. The Balaban J connectivity index is 1.75. The molecule has 5 nitrogen and oxygen atoms in total. The Kier molecular flexibility index (Phi) is 4.45. The summed E-state index contributed by atoms with van der Waals surface area (Å²) in [6.45, 7) is 3.91. The maximum Gasteiger partial charge on any atom is 0.247 e. The van der Waals surface area contributed by atoms with Crippen molar-refractivity contribution in [2.45, 2.75) is 50.1 Å². The lowest BCUT2D eigenvalue weighted by Gasteiger charge is -2.15. The molecule has 118 valence electrons. The van der Waals surface area contributed by atoms with E-state index in [9.17, 15) is 8.42 Å². The highest BCUT2D eigenvalue weighted by Crippen LogP contribution is 2.32. The van der Waals surface area contributed by atoms with Gasteiger partial charge >= 0.3 is 0 Å². The SMILES string of the molecule is CCC1CCN(S(=O)(=O)c2cc(CNC3CC3)oc2Br)C1. The molecule has 2 heterocycles. The fourth-order valence-electron chi connectivity index (χ4n) is 2.68. The lowest BCUT2D eigenvalue weighted by Crippen LogP contribution is -2.28. The minimum absolute atomic E-state index is 0.256. The van der Waals surface area contributed by atoms with Gasteiger partial charge in [0, 0.05) is 25.2 Å². The first kappa shape index (κ1) is 15.5. The quantitative estimate of drug-likeness (QED) is 0.828. The highest BCUT2D eigenvalue weighted by atomic mass is 79.9. The Labute approximate surface area is 134 Å². The Bertz CT molecular complexity index is 610. The van der Waals surface area contributed by atoms with Gasteiger partial charge in [-0.05, 0) is 41.1 Å². The molecule has 1 N–H and O–H groups in total. The summed E-state index contributed by atoms with van der Waals surface area (Å²) >= 11 is 3.25. The van der Waals surface area contributed by atoms with Crippen LogP contribution in [0.5, 0.6) is 0 Å². The summed E-state index contributed by atoms with van der Waals surface area (Å²) in [7, 11) is -3.45. The van der Waals surface area contributed by atoms with Crippen LogP contribution in [-0.4, -0.2) is 31.9 Å². The predicted molar refractivity (Wildman–Crippen MR) is 83.4 cm³/mol. The molecule has 0 aromatic carbocycles. The minimum atomic E-state index is -3.45. The van der Waals surface area contributed by atoms with Gasteiger partial charge in [-0.25, -0.2) is 8.42 Å². The van der Waals surface area contributed by atoms with E-state index < -0.39 is 10.0 Å². The van der Waals surface area contributed by atoms with Crippen molar-refractivity contribution in [1.29, 1.82) is 0 Å². The molecular weight excluding hydrogens is 356 g/mol. The highest BCUT2D eigenvalue weighted by Gasteiger charge is 2.34. The van der Waals surface area contributed by atoms with E-state index >= 15 is 0 Å². The third-order valence-corrected chi connectivity index (χ3v) is 7.01. The number of hydrogen-bond donors (Lipinski definition) is 1. The van der Waals surface area contributed by atoms with Crippen molar-refractivity contribution in [2.24, 2.45) is 5.92 Å². The van der Waals surface area contributed by atoms with Crippen LogP contribution in [0.4, 0.5) is 0 Å². The fraction of sp³-hybridized carbons (Fsp3) is 0.714. The van der Waals surface area contributed by atoms with Crippen LogP contribution >= 0.6 is 15.9 Å². The topological polar surface area (TPSA) is 62.6 Å². The van der Waals surface area contributed by atoms with Gasteiger partial charge in [0.1, 0.15) is 10.7 Å². The Hall–Kier alpha value is -0.370. The predicted octanol–water partition coefficient (Wildman–Crippen LogP) is 2.71. The molecule has 3 rings (SSSR count).